The van der Waals surface area contributed by atoms with Gasteiger partial charge in [-0.25, -0.2) is 4.99 Å². The molecular weight excluding hydrogens is 799 g/mol. The number of nitrogens with zero attached hydrogens (tertiary/aromatic N) is 2. The van der Waals surface area contributed by atoms with Crippen LogP contribution in [0, 0.1) is 5.92 Å². The summed E-state index contributed by atoms with van der Waals surface area (Å²) in [5.41, 5.74) is 21.6. The summed E-state index contributed by atoms with van der Waals surface area (Å²) in [5, 5.41) is 0. The summed E-state index contributed by atoms with van der Waals surface area (Å²) < 4.78 is 0. The highest BCUT2D eigenvalue weighted by Gasteiger charge is 2.48. The molecule has 0 aromatic heterocycles. The van der Waals surface area contributed by atoms with E-state index in [4.69, 9.17) is 15.7 Å². The van der Waals surface area contributed by atoms with Crippen molar-refractivity contribution in [2.75, 3.05) is 0 Å². The smallest absolute Gasteiger partial charge is 0.157 e. The lowest BCUT2D eigenvalue weighted by Gasteiger charge is -2.38. The van der Waals surface area contributed by atoms with Crippen molar-refractivity contribution in [3.63, 3.8) is 0 Å². The minimum Gasteiger partial charge on any atom is -0.383 e. The summed E-state index contributed by atoms with van der Waals surface area (Å²) in [6.45, 7) is 12.9. The number of aliphatic imine (C=N–C) groups is 2. The number of hydrogen-bond acceptors (Lipinski definition) is 1. The van der Waals surface area contributed by atoms with E-state index in [1.807, 2.05) is 74.5 Å². The van der Waals surface area contributed by atoms with E-state index < -0.39 is 5.41 Å². The van der Waals surface area contributed by atoms with E-state index >= 15 is 0 Å². The first-order valence-electron chi connectivity index (χ1n) is 23.3. The van der Waals surface area contributed by atoms with Gasteiger partial charge in [0.1, 0.15) is 5.84 Å². The molecule has 0 heterocycles. The lowest BCUT2D eigenvalue weighted by Crippen LogP contribution is -2.34. The SMILES string of the molecule is C=C/C=C\C(=C/CCc1ccc2c(c1)C(c1ccccc1)(C(C)/C=C\C=C/C)c1cc(-c3ccccc3)ccc1-2)c1cccc(C(N=C(N)c2ccccc2)=NCc2ccccc2)c1.CC. The Bertz CT molecular complexity index is 2880. The van der Waals surface area contributed by atoms with Gasteiger partial charge in [-0.1, -0.05) is 246 Å². The molecule has 0 amide bonds. The minimum absolute atomic E-state index is 0.156. The highest BCUT2D eigenvalue weighted by molar-refractivity contribution is 6.11. The predicted octanol–water partition coefficient (Wildman–Crippen LogP) is 15.6. The quantitative estimate of drug-likeness (QED) is 0.0623. The van der Waals surface area contributed by atoms with Crippen LogP contribution in [0.3, 0.4) is 0 Å². The van der Waals surface area contributed by atoms with Crippen molar-refractivity contribution in [2.24, 2.45) is 21.6 Å². The number of benzene rings is 7. The van der Waals surface area contributed by atoms with Gasteiger partial charge in [-0.3, -0.25) is 4.99 Å². The van der Waals surface area contributed by atoms with Crippen molar-refractivity contribution < 1.29 is 0 Å². The number of fused-ring (bicyclic) bond motifs is 3. The monoisotopic (exact) mass is 859 g/mol. The molecular formula is C63H61N3. The highest BCUT2D eigenvalue weighted by Crippen LogP contribution is 2.57. The molecule has 328 valence electrons. The van der Waals surface area contributed by atoms with Crippen LogP contribution in [0.25, 0.3) is 27.8 Å². The lowest BCUT2D eigenvalue weighted by atomic mass is 9.64. The van der Waals surface area contributed by atoms with Crippen molar-refractivity contribution in [3.8, 4) is 22.3 Å². The molecule has 2 unspecified atom stereocenters. The van der Waals surface area contributed by atoms with Crippen molar-refractivity contribution >= 4 is 17.2 Å². The Kier molecular flexibility index (Phi) is 16.0. The zero-order valence-corrected chi connectivity index (χ0v) is 38.8. The fourth-order valence-electron chi connectivity index (χ4n) is 9.03. The maximum absolute atomic E-state index is 6.60. The van der Waals surface area contributed by atoms with Crippen LogP contribution in [0.1, 0.15) is 78.6 Å². The third kappa shape index (κ3) is 10.5. The molecule has 1 aliphatic rings. The van der Waals surface area contributed by atoms with E-state index in [1.54, 1.807) is 0 Å². The third-order valence-corrected chi connectivity index (χ3v) is 12.2. The van der Waals surface area contributed by atoms with Gasteiger partial charge in [0.15, 0.2) is 5.84 Å². The van der Waals surface area contributed by atoms with Gasteiger partial charge >= 0.3 is 0 Å². The molecule has 3 heteroatoms. The molecule has 7 aromatic rings. The van der Waals surface area contributed by atoms with Crippen LogP contribution in [-0.2, 0) is 18.4 Å². The van der Waals surface area contributed by atoms with Crippen LogP contribution in [-0.4, -0.2) is 11.7 Å². The molecule has 0 radical (unpaired) electrons. The Labute approximate surface area is 393 Å². The van der Waals surface area contributed by atoms with Crippen LogP contribution in [0.5, 0.6) is 0 Å². The number of allylic oxidation sites excluding steroid dienone is 9. The molecule has 66 heavy (non-hydrogen) atoms. The second-order valence-electron chi connectivity index (χ2n) is 16.2. The molecule has 0 fully saturated rings. The predicted molar refractivity (Wildman–Crippen MR) is 284 cm³/mol. The van der Waals surface area contributed by atoms with Crippen LogP contribution in [0.15, 0.2) is 247 Å². The van der Waals surface area contributed by atoms with E-state index in [-0.39, 0.29) is 5.92 Å². The van der Waals surface area contributed by atoms with E-state index in [0.717, 1.165) is 40.7 Å². The van der Waals surface area contributed by atoms with Crippen LogP contribution in [0.2, 0.25) is 0 Å². The molecule has 1 aliphatic carbocycles. The van der Waals surface area contributed by atoms with Crippen molar-refractivity contribution in [1.29, 1.82) is 0 Å². The van der Waals surface area contributed by atoms with E-state index in [1.165, 1.54) is 44.5 Å². The molecule has 2 atom stereocenters. The number of rotatable bonds is 15. The van der Waals surface area contributed by atoms with Crippen molar-refractivity contribution in [3.05, 3.63) is 282 Å². The maximum atomic E-state index is 6.60. The van der Waals surface area contributed by atoms with Gasteiger partial charge in [-0.05, 0) is 99.0 Å². The average Bonchev–Trinajstić information content (AvgIpc) is 3.67. The molecule has 7 aromatic carbocycles. The normalized spacial score (nSPS) is 15.4. The summed E-state index contributed by atoms with van der Waals surface area (Å²) in [7, 11) is 0. The fraction of sp³-hybridized carbons (Fsp3) is 0.143. The van der Waals surface area contributed by atoms with E-state index in [0.29, 0.717) is 18.2 Å². The van der Waals surface area contributed by atoms with Crippen LogP contribution >= 0.6 is 0 Å². The van der Waals surface area contributed by atoms with E-state index in [2.05, 4.69) is 190 Å². The molecule has 8 rings (SSSR count). The zero-order chi connectivity index (χ0) is 46.1. The topological polar surface area (TPSA) is 50.7 Å². The fourth-order valence-corrected chi connectivity index (χ4v) is 9.03. The Balaban J connectivity index is 0.00000320. The molecule has 2 N–H and O–H groups in total. The Morgan fingerprint density at radius 1 is 0.621 bits per heavy atom. The first kappa shape index (κ1) is 46.4. The van der Waals surface area contributed by atoms with Gasteiger partial charge in [-0.2, -0.15) is 0 Å². The van der Waals surface area contributed by atoms with Crippen molar-refractivity contribution in [1.82, 2.24) is 0 Å². The van der Waals surface area contributed by atoms with Gasteiger partial charge in [0.05, 0.1) is 12.0 Å². The largest absolute Gasteiger partial charge is 0.383 e. The standard InChI is InChI=1S/C61H55N3.C2H6/c1-4-6-12-23-45(3)61(54-35-19-11-20-36-54)57-41-46(37-39-55(57)56-40-38-52(43-58(56)61)49-28-15-9-16-29-49)26-21-32-48(27-7-5-2)51-33-22-34-53(42-51)60(63-44-47-24-13-8-14-25-47)64-59(62)50-30-17-10-18-31-50;1-2/h4-20,22-25,27-43,45H,2,21,26,44H2,1,3H3,(H2,62,63,64);1-2H3/b6-4-,23-12-,27-7-,48-32+;. The second kappa shape index (κ2) is 22.8. The molecule has 3 nitrogen and oxygen atoms in total. The first-order chi connectivity index (χ1) is 32.5. The summed E-state index contributed by atoms with van der Waals surface area (Å²) >= 11 is 0. The highest BCUT2D eigenvalue weighted by atomic mass is 15.0. The molecule has 0 spiro atoms. The third-order valence-electron chi connectivity index (χ3n) is 12.2. The van der Waals surface area contributed by atoms with Crippen LogP contribution in [0.4, 0.5) is 0 Å². The summed E-state index contributed by atoms with van der Waals surface area (Å²) in [6, 6.07) is 64.6. The van der Waals surface area contributed by atoms with Gasteiger partial charge in [0.25, 0.3) is 0 Å². The first-order valence-corrected chi connectivity index (χ1v) is 23.3. The van der Waals surface area contributed by atoms with Gasteiger partial charge in [0, 0.05) is 11.1 Å². The van der Waals surface area contributed by atoms with Gasteiger partial charge in [-0.15, -0.1) is 0 Å². The second-order valence-corrected chi connectivity index (χ2v) is 16.2. The average molecular weight is 860 g/mol. The molecule has 0 saturated heterocycles. The Hall–Kier alpha value is -7.62. The maximum Gasteiger partial charge on any atom is 0.157 e. The molecule has 0 aliphatic heterocycles. The molecule has 0 saturated carbocycles. The lowest BCUT2D eigenvalue weighted by molar-refractivity contribution is 0.492. The summed E-state index contributed by atoms with van der Waals surface area (Å²) in [4.78, 5) is 9.92. The number of amidine groups is 2. The summed E-state index contributed by atoms with van der Waals surface area (Å²) in [6.07, 6.45) is 18.8. The number of hydrogen-bond donors (Lipinski definition) is 1. The van der Waals surface area contributed by atoms with E-state index in [9.17, 15) is 0 Å². The van der Waals surface area contributed by atoms with Crippen LogP contribution < -0.4 is 5.73 Å². The Morgan fingerprint density at radius 2 is 1.24 bits per heavy atom. The zero-order valence-electron chi connectivity index (χ0n) is 38.8. The van der Waals surface area contributed by atoms with Crippen molar-refractivity contribution in [2.45, 2.75) is 52.5 Å². The van der Waals surface area contributed by atoms with Gasteiger partial charge in [0.2, 0.25) is 0 Å². The Morgan fingerprint density at radius 3 is 1.94 bits per heavy atom. The number of aryl methyl sites for hydroxylation is 1. The minimum atomic E-state index is -0.398. The van der Waals surface area contributed by atoms with Gasteiger partial charge < -0.3 is 5.73 Å². The number of nitrogens with two attached hydrogens (primary N) is 1. The molecule has 0 bridgehead atoms. The summed E-state index contributed by atoms with van der Waals surface area (Å²) in [5.74, 6) is 1.17.